The summed E-state index contributed by atoms with van der Waals surface area (Å²) in [6.07, 6.45) is 0. The van der Waals surface area contributed by atoms with E-state index in [1.165, 1.54) is 42.5 Å². The van der Waals surface area contributed by atoms with Gasteiger partial charge in [0.25, 0.3) is 0 Å². The maximum Gasteiger partial charge on any atom is 0.233 e. The number of hydrogen-bond donors (Lipinski definition) is 0. The summed E-state index contributed by atoms with van der Waals surface area (Å²) in [6.45, 7) is 0. The molecule has 234 valence electrons. The third-order valence-electron chi connectivity index (χ3n) is 7.54. The molecular formula is C46H26O4. The van der Waals surface area contributed by atoms with Crippen LogP contribution in [0.3, 0.4) is 0 Å². The van der Waals surface area contributed by atoms with Gasteiger partial charge in [-0.2, -0.15) is 0 Å². The van der Waals surface area contributed by atoms with Crippen molar-refractivity contribution in [1.29, 1.82) is 0 Å². The van der Waals surface area contributed by atoms with E-state index in [9.17, 15) is 19.2 Å². The van der Waals surface area contributed by atoms with Crippen LogP contribution in [-0.4, -0.2) is 23.1 Å². The van der Waals surface area contributed by atoms with Gasteiger partial charge in [0.2, 0.25) is 23.1 Å². The van der Waals surface area contributed by atoms with E-state index in [1.807, 2.05) is 91.0 Å². The Hall–Kier alpha value is -7.32. The second-order valence-electron chi connectivity index (χ2n) is 11.1. The van der Waals surface area contributed by atoms with Crippen molar-refractivity contribution in [2.75, 3.05) is 0 Å². The molecule has 0 N–H and O–H groups in total. The fourth-order valence-corrected chi connectivity index (χ4v) is 4.89. The zero-order chi connectivity index (χ0) is 34.7. The van der Waals surface area contributed by atoms with Gasteiger partial charge < -0.3 is 0 Å². The fourth-order valence-electron chi connectivity index (χ4n) is 4.89. The Kier molecular flexibility index (Phi) is 10.1. The number of carbonyl (C=O) groups is 4. The topological polar surface area (TPSA) is 68.3 Å². The molecule has 6 aromatic carbocycles. The average Bonchev–Trinajstić information content (AvgIpc) is 3.19. The number of rotatable bonds is 6. The van der Waals surface area contributed by atoms with E-state index in [1.54, 1.807) is 24.3 Å². The van der Waals surface area contributed by atoms with Gasteiger partial charge in [-0.3, -0.25) is 19.2 Å². The minimum Gasteiger partial charge on any atom is -0.285 e. The van der Waals surface area contributed by atoms with E-state index in [4.69, 9.17) is 0 Å². The number of carbonyl (C=O) groups excluding carboxylic acids is 4. The van der Waals surface area contributed by atoms with E-state index in [-0.39, 0.29) is 22.3 Å². The van der Waals surface area contributed by atoms with Gasteiger partial charge in [0.15, 0.2) is 0 Å². The first kappa shape index (κ1) is 32.6. The van der Waals surface area contributed by atoms with Gasteiger partial charge in [-0.05, 0) is 103 Å². The van der Waals surface area contributed by atoms with Crippen LogP contribution in [0.25, 0.3) is 0 Å². The summed E-state index contributed by atoms with van der Waals surface area (Å²) in [5, 5.41) is 0. The first-order valence-electron chi connectivity index (χ1n) is 15.7. The van der Waals surface area contributed by atoms with Crippen molar-refractivity contribution < 1.29 is 19.2 Å². The Balaban J connectivity index is 1.26. The van der Waals surface area contributed by atoms with Gasteiger partial charge in [0.05, 0.1) is 0 Å². The number of Topliss-reactive ketones (excluding diaryl/α,β-unsaturated/α-hetero) is 4. The maximum absolute atomic E-state index is 13.5. The molecule has 0 heterocycles. The minimum atomic E-state index is -0.834. The highest BCUT2D eigenvalue weighted by molar-refractivity contribution is 6.51. The van der Waals surface area contributed by atoms with E-state index in [2.05, 4.69) is 35.5 Å². The highest BCUT2D eigenvalue weighted by Crippen LogP contribution is 2.17. The van der Waals surface area contributed by atoms with Gasteiger partial charge in [0.1, 0.15) is 0 Å². The lowest BCUT2D eigenvalue weighted by atomic mass is 9.94. The predicted octanol–water partition coefficient (Wildman–Crippen LogP) is 8.02. The number of ketones is 4. The monoisotopic (exact) mass is 642 g/mol. The van der Waals surface area contributed by atoms with Crippen LogP contribution in [0, 0.1) is 35.5 Å². The molecule has 0 spiro atoms. The molecule has 6 rings (SSSR count). The van der Waals surface area contributed by atoms with E-state index in [0.717, 1.165) is 16.7 Å². The van der Waals surface area contributed by atoms with Crippen molar-refractivity contribution >= 4 is 23.1 Å². The van der Waals surface area contributed by atoms with Gasteiger partial charge >= 0.3 is 0 Å². The van der Waals surface area contributed by atoms with Crippen LogP contribution < -0.4 is 0 Å². The molecule has 4 heteroatoms. The summed E-state index contributed by atoms with van der Waals surface area (Å²) >= 11 is 0. The molecule has 0 atom stereocenters. The first-order chi connectivity index (χ1) is 24.4. The van der Waals surface area contributed by atoms with Crippen molar-refractivity contribution in [2.45, 2.75) is 0 Å². The molecule has 0 fully saturated rings. The highest BCUT2D eigenvalue weighted by Gasteiger charge is 2.24. The summed E-state index contributed by atoms with van der Waals surface area (Å²) in [6, 6.07) is 45.2. The smallest absolute Gasteiger partial charge is 0.233 e. The SMILES string of the molecule is O=C(C(=O)c1cc(C#Cc2ccccc2)cc(C(=O)C(=O)c2ccc(C#Cc3ccccc3)cc2)c1)c1ccc(C#Cc2ccccc2)cc1. The Morgan fingerprint density at radius 1 is 0.260 bits per heavy atom. The Bertz CT molecular complexity index is 2260. The molecule has 0 aliphatic rings. The molecule has 4 nitrogen and oxygen atoms in total. The van der Waals surface area contributed by atoms with Crippen molar-refractivity contribution in [1.82, 2.24) is 0 Å². The van der Waals surface area contributed by atoms with Crippen LogP contribution in [0.15, 0.2) is 158 Å². The normalized spacial score (nSPS) is 9.84. The first-order valence-corrected chi connectivity index (χ1v) is 15.7. The Morgan fingerprint density at radius 3 is 0.840 bits per heavy atom. The van der Waals surface area contributed by atoms with Gasteiger partial charge in [0, 0.05) is 55.6 Å². The molecule has 50 heavy (non-hydrogen) atoms. The molecule has 0 unspecified atom stereocenters. The highest BCUT2D eigenvalue weighted by atomic mass is 16.2. The summed E-state index contributed by atoms with van der Waals surface area (Å²) in [5.74, 6) is 15.0. The average molecular weight is 643 g/mol. The largest absolute Gasteiger partial charge is 0.285 e. The summed E-state index contributed by atoms with van der Waals surface area (Å²) < 4.78 is 0. The molecule has 6 aromatic rings. The molecule has 0 saturated carbocycles. The van der Waals surface area contributed by atoms with Gasteiger partial charge in [-0.1, -0.05) is 90.1 Å². The van der Waals surface area contributed by atoms with Gasteiger partial charge in [-0.25, -0.2) is 0 Å². The zero-order valence-corrected chi connectivity index (χ0v) is 26.6. The lowest BCUT2D eigenvalue weighted by Crippen LogP contribution is -2.18. The van der Waals surface area contributed by atoms with Crippen LogP contribution >= 0.6 is 0 Å². The zero-order valence-electron chi connectivity index (χ0n) is 26.6. The minimum absolute atomic E-state index is 0.0505. The van der Waals surface area contributed by atoms with Crippen LogP contribution in [0.2, 0.25) is 0 Å². The van der Waals surface area contributed by atoms with E-state index < -0.39 is 23.1 Å². The molecule has 0 amide bonds. The van der Waals surface area contributed by atoms with Crippen molar-refractivity contribution in [3.05, 3.63) is 213 Å². The molecule has 0 bridgehead atoms. The summed E-state index contributed by atoms with van der Waals surface area (Å²) in [4.78, 5) is 53.8. The standard InChI is InChI=1S/C46H26O4/c47-43(39-26-22-36(23-27-39)18-16-33-10-4-1-5-11-33)45(49)41-30-38(21-20-35-14-8-3-9-15-35)31-42(32-41)46(50)44(48)40-28-24-37(25-29-40)19-17-34-12-6-2-7-13-34/h1-15,22-32H. The number of benzene rings is 6. The summed E-state index contributed by atoms with van der Waals surface area (Å²) in [7, 11) is 0. The molecule has 0 radical (unpaired) electrons. The Labute approximate surface area is 290 Å². The predicted molar refractivity (Wildman–Crippen MR) is 194 cm³/mol. The maximum atomic E-state index is 13.5. The number of hydrogen-bond acceptors (Lipinski definition) is 4. The van der Waals surface area contributed by atoms with Crippen molar-refractivity contribution in [3.8, 4) is 35.5 Å². The van der Waals surface area contributed by atoms with E-state index in [0.29, 0.717) is 16.7 Å². The lowest BCUT2D eigenvalue weighted by molar-refractivity contribution is 0.0812. The van der Waals surface area contributed by atoms with Crippen LogP contribution in [0.4, 0.5) is 0 Å². The lowest BCUT2D eigenvalue weighted by Gasteiger charge is -2.07. The van der Waals surface area contributed by atoms with E-state index >= 15 is 0 Å². The molecule has 0 aliphatic carbocycles. The van der Waals surface area contributed by atoms with Crippen LogP contribution in [0.1, 0.15) is 74.8 Å². The molecule has 0 saturated heterocycles. The second kappa shape index (κ2) is 15.5. The third-order valence-corrected chi connectivity index (χ3v) is 7.54. The van der Waals surface area contributed by atoms with Crippen molar-refractivity contribution in [2.24, 2.45) is 0 Å². The van der Waals surface area contributed by atoms with Crippen LogP contribution in [-0.2, 0) is 0 Å². The molecule has 0 aromatic heterocycles. The quantitative estimate of drug-likeness (QED) is 0.105. The third kappa shape index (κ3) is 8.33. The molecule has 0 aliphatic heterocycles. The second-order valence-corrected chi connectivity index (χ2v) is 11.1. The summed E-state index contributed by atoms with van der Waals surface area (Å²) in [5.41, 5.74) is 4.32. The fraction of sp³-hybridized carbons (Fsp3) is 0. The molecular weight excluding hydrogens is 617 g/mol. The Morgan fingerprint density at radius 2 is 0.520 bits per heavy atom. The van der Waals surface area contributed by atoms with Crippen LogP contribution in [0.5, 0.6) is 0 Å². The van der Waals surface area contributed by atoms with Crippen molar-refractivity contribution in [3.63, 3.8) is 0 Å². The van der Waals surface area contributed by atoms with Gasteiger partial charge in [-0.15, -0.1) is 0 Å².